The van der Waals surface area contributed by atoms with Gasteiger partial charge in [0.2, 0.25) is 10.0 Å². The van der Waals surface area contributed by atoms with Gasteiger partial charge in [-0.1, -0.05) is 0 Å². The van der Waals surface area contributed by atoms with Crippen LogP contribution < -0.4 is 15.4 Å². The molecule has 1 aromatic heterocycles. The van der Waals surface area contributed by atoms with Crippen LogP contribution in [0.2, 0.25) is 0 Å². The second-order valence-corrected chi connectivity index (χ2v) is 9.55. The summed E-state index contributed by atoms with van der Waals surface area (Å²) >= 11 is 1.40. The van der Waals surface area contributed by atoms with Crippen LogP contribution in [0.4, 0.5) is 0 Å². The molecule has 0 spiro atoms. The molecule has 150 valence electrons. The smallest absolute Gasteiger partial charge is 0.261 e. The number of carbonyl (C=O) groups is 1. The fourth-order valence-corrected chi connectivity index (χ4v) is 4.38. The molecule has 2 rings (SSSR count). The predicted molar refractivity (Wildman–Crippen MR) is 107 cm³/mol. The lowest BCUT2D eigenvalue weighted by Crippen LogP contribution is -2.47. The first-order chi connectivity index (χ1) is 11.8. The van der Waals surface area contributed by atoms with Crippen molar-refractivity contribution >= 4 is 39.7 Å². The third-order valence-electron chi connectivity index (χ3n) is 4.36. The van der Waals surface area contributed by atoms with Gasteiger partial charge in [-0.25, -0.2) is 13.1 Å². The van der Waals surface area contributed by atoms with Crippen LogP contribution in [0.1, 0.15) is 27.4 Å². The molecule has 0 unspecified atom stereocenters. The number of piperidine rings is 1. The van der Waals surface area contributed by atoms with E-state index in [0.29, 0.717) is 31.0 Å². The van der Waals surface area contributed by atoms with Crippen LogP contribution >= 0.6 is 23.7 Å². The van der Waals surface area contributed by atoms with Gasteiger partial charge in [0.25, 0.3) is 5.91 Å². The Bertz CT molecular complexity index is 667. The summed E-state index contributed by atoms with van der Waals surface area (Å²) in [6, 6.07) is 3.67. The molecule has 0 bridgehead atoms. The number of carbonyl (C=O) groups excluding carboxylic acids is 1. The van der Waals surface area contributed by atoms with Crippen molar-refractivity contribution in [3.63, 3.8) is 0 Å². The summed E-state index contributed by atoms with van der Waals surface area (Å²) in [6.45, 7) is 3.46. The lowest BCUT2D eigenvalue weighted by Gasteiger charge is -2.37. The Labute approximate surface area is 165 Å². The van der Waals surface area contributed by atoms with Crippen molar-refractivity contribution < 1.29 is 17.9 Å². The van der Waals surface area contributed by atoms with Gasteiger partial charge >= 0.3 is 0 Å². The Morgan fingerprint density at radius 2 is 2.04 bits per heavy atom. The molecule has 10 heteroatoms. The van der Waals surface area contributed by atoms with Gasteiger partial charge in [0.05, 0.1) is 17.7 Å². The fourth-order valence-electron chi connectivity index (χ4n) is 2.98. The maximum absolute atomic E-state index is 12.4. The van der Waals surface area contributed by atoms with E-state index in [1.54, 1.807) is 13.2 Å². The first-order valence-electron chi connectivity index (χ1n) is 8.35. The summed E-state index contributed by atoms with van der Waals surface area (Å²) in [5.74, 6) is -0.0821. The highest BCUT2D eigenvalue weighted by molar-refractivity contribution is 7.88. The van der Waals surface area contributed by atoms with E-state index in [0.717, 1.165) is 37.1 Å². The van der Waals surface area contributed by atoms with Gasteiger partial charge in [0, 0.05) is 30.5 Å². The highest BCUT2D eigenvalue weighted by Gasteiger charge is 2.32. The molecule has 1 fully saturated rings. The molecule has 1 aromatic rings. The Hall–Kier alpha value is -0.710. The average Bonchev–Trinajstić information content (AvgIpc) is 3.02. The largest absolute Gasteiger partial charge is 0.384 e. The molecule has 26 heavy (non-hydrogen) atoms. The van der Waals surface area contributed by atoms with Gasteiger partial charge in [-0.15, -0.1) is 23.7 Å². The molecule has 0 atom stereocenters. The lowest BCUT2D eigenvalue weighted by molar-refractivity contribution is 0.0512. The van der Waals surface area contributed by atoms with Crippen molar-refractivity contribution in [1.82, 2.24) is 15.4 Å². The molecule has 0 aromatic carbocycles. The van der Waals surface area contributed by atoms with E-state index >= 15 is 0 Å². The second-order valence-electron chi connectivity index (χ2n) is 6.55. The number of sulfonamides is 1. The van der Waals surface area contributed by atoms with Crippen molar-refractivity contribution in [3.8, 4) is 0 Å². The van der Waals surface area contributed by atoms with Crippen molar-refractivity contribution in [1.29, 1.82) is 0 Å². The zero-order chi connectivity index (χ0) is 18.3. The summed E-state index contributed by atoms with van der Waals surface area (Å²) in [6.07, 6.45) is 3.67. The monoisotopic (exact) mass is 425 g/mol. The Morgan fingerprint density at radius 1 is 1.35 bits per heavy atom. The number of thiophene rings is 1. The highest BCUT2D eigenvalue weighted by atomic mass is 35.5. The number of ether oxygens (including phenoxy) is 1. The molecule has 0 radical (unpaired) electrons. The van der Waals surface area contributed by atoms with E-state index in [1.807, 2.05) is 6.07 Å². The number of hydrogen-bond acceptors (Lipinski definition) is 6. The minimum absolute atomic E-state index is 0. The molecule has 0 aliphatic carbocycles. The summed E-state index contributed by atoms with van der Waals surface area (Å²) < 4.78 is 30.0. The summed E-state index contributed by atoms with van der Waals surface area (Å²) in [5.41, 5.74) is -0.00481. The van der Waals surface area contributed by atoms with E-state index in [2.05, 4.69) is 15.4 Å². The van der Waals surface area contributed by atoms with E-state index in [9.17, 15) is 13.2 Å². The number of halogens is 1. The van der Waals surface area contributed by atoms with Crippen LogP contribution in [0.3, 0.4) is 0 Å². The molecular weight excluding hydrogens is 398 g/mol. The van der Waals surface area contributed by atoms with Crippen LogP contribution in [0.5, 0.6) is 0 Å². The summed E-state index contributed by atoms with van der Waals surface area (Å²) in [5, 5.41) is 6.38. The quantitative estimate of drug-likeness (QED) is 0.548. The van der Waals surface area contributed by atoms with Gasteiger partial charge in [-0.05, 0) is 44.5 Å². The number of amides is 1. The lowest BCUT2D eigenvalue weighted by atomic mass is 9.79. The van der Waals surface area contributed by atoms with E-state index in [4.69, 9.17) is 4.74 Å². The van der Waals surface area contributed by atoms with Crippen LogP contribution in [0, 0.1) is 5.41 Å². The summed E-state index contributed by atoms with van der Waals surface area (Å²) in [7, 11) is -1.48. The SMILES string of the molecule is COCC1(CNC(=O)c2ccc(CCNS(C)(=O)=O)s2)CCNCC1.Cl. The standard InChI is InChI=1S/C16H27N3O4S2.ClH/c1-23-12-16(6-9-17-10-7-16)11-18-15(20)14-4-3-13(24-14)5-8-19-25(2,21)22;/h3-4,17,19H,5-12H2,1-2H3,(H,18,20);1H. The first kappa shape index (κ1) is 23.3. The minimum Gasteiger partial charge on any atom is -0.384 e. The molecule has 3 N–H and O–H groups in total. The molecule has 7 nitrogen and oxygen atoms in total. The van der Waals surface area contributed by atoms with E-state index in [-0.39, 0.29) is 23.7 Å². The van der Waals surface area contributed by atoms with Gasteiger partial charge in [0.1, 0.15) is 0 Å². The average molecular weight is 426 g/mol. The van der Waals surface area contributed by atoms with E-state index in [1.165, 1.54) is 11.3 Å². The second kappa shape index (κ2) is 10.6. The number of hydrogen-bond donors (Lipinski definition) is 3. The van der Waals surface area contributed by atoms with E-state index < -0.39 is 10.0 Å². The maximum atomic E-state index is 12.4. The van der Waals surface area contributed by atoms with Crippen molar-refractivity contribution in [2.75, 3.05) is 46.2 Å². The van der Waals surface area contributed by atoms with Crippen molar-refractivity contribution in [2.24, 2.45) is 5.41 Å². The fraction of sp³-hybridized carbons (Fsp3) is 0.688. The molecule has 1 saturated heterocycles. The highest BCUT2D eigenvalue weighted by Crippen LogP contribution is 2.28. The van der Waals surface area contributed by atoms with Crippen LogP contribution in [0.25, 0.3) is 0 Å². The zero-order valence-electron chi connectivity index (χ0n) is 15.2. The minimum atomic E-state index is -3.18. The molecule has 1 aliphatic rings. The Kier molecular flexibility index (Phi) is 9.49. The topological polar surface area (TPSA) is 96.5 Å². The molecule has 1 aliphatic heterocycles. The van der Waals surface area contributed by atoms with Crippen LogP contribution in [-0.2, 0) is 21.2 Å². The zero-order valence-corrected chi connectivity index (χ0v) is 17.6. The van der Waals surface area contributed by atoms with Crippen LogP contribution in [-0.4, -0.2) is 60.5 Å². The normalized spacial score (nSPS) is 16.7. The Morgan fingerprint density at radius 3 is 2.65 bits per heavy atom. The molecule has 1 amide bonds. The number of nitrogens with one attached hydrogen (secondary N) is 3. The molecule has 0 saturated carbocycles. The first-order valence-corrected chi connectivity index (χ1v) is 11.1. The van der Waals surface area contributed by atoms with Gasteiger partial charge in [-0.3, -0.25) is 4.79 Å². The Balaban J connectivity index is 0.00000338. The summed E-state index contributed by atoms with van der Waals surface area (Å²) in [4.78, 5) is 14.0. The molecule has 2 heterocycles. The van der Waals surface area contributed by atoms with Crippen LogP contribution in [0.15, 0.2) is 12.1 Å². The predicted octanol–water partition coefficient (Wildman–Crippen LogP) is 1.01. The van der Waals surface area contributed by atoms with Crippen molar-refractivity contribution in [2.45, 2.75) is 19.3 Å². The number of methoxy groups -OCH3 is 1. The van der Waals surface area contributed by atoms with Gasteiger partial charge in [-0.2, -0.15) is 0 Å². The third-order valence-corrected chi connectivity index (χ3v) is 6.23. The van der Waals surface area contributed by atoms with Gasteiger partial charge in [0.15, 0.2) is 0 Å². The maximum Gasteiger partial charge on any atom is 0.261 e. The third kappa shape index (κ3) is 7.50. The van der Waals surface area contributed by atoms with Crippen molar-refractivity contribution in [3.05, 3.63) is 21.9 Å². The van der Waals surface area contributed by atoms with Gasteiger partial charge < -0.3 is 15.4 Å². The molecular formula is C16H28ClN3O4S2. The number of rotatable bonds is 9.